The predicted molar refractivity (Wildman–Crippen MR) is 102 cm³/mol. The van der Waals surface area contributed by atoms with Crippen LogP contribution in [0.15, 0.2) is 48.5 Å². The van der Waals surface area contributed by atoms with Crippen molar-refractivity contribution in [3.05, 3.63) is 59.8 Å². The molecule has 0 saturated heterocycles. The third kappa shape index (κ3) is 3.69. The zero-order valence-corrected chi connectivity index (χ0v) is 14.7. The Balaban J connectivity index is 1.55. The van der Waals surface area contributed by atoms with Crippen LogP contribution in [0.25, 0.3) is 0 Å². The molecule has 0 amide bonds. The molecule has 2 aromatic carbocycles. The molecule has 0 atom stereocenters. The molecular weight excluding hydrogens is 328 g/mol. The number of hydrogen-bond donors (Lipinski definition) is 2. The van der Waals surface area contributed by atoms with Gasteiger partial charge in [0.1, 0.15) is 19.0 Å². The van der Waals surface area contributed by atoms with Gasteiger partial charge < -0.3 is 20.1 Å². The van der Waals surface area contributed by atoms with Crippen LogP contribution in [0.4, 0.5) is 23.1 Å². The minimum atomic E-state index is 0.524. The van der Waals surface area contributed by atoms with Gasteiger partial charge >= 0.3 is 0 Å². The first-order valence-corrected chi connectivity index (χ1v) is 8.52. The van der Waals surface area contributed by atoms with Crippen LogP contribution >= 0.6 is 0 Å². The summed E-state index contributed by atoms with van der Waals surface area (Å²) in [6, 6.07) is 15.8. The molecule has 0 saturated carbocycles. The lowest BCUT2D eigenvalue weighted by molar-refractivity contribution is 0.171. The van der Waals surface area contributed by atoms with Gasteiger partial charge in [-0.15, -0.1) is 0 Å². The Bertz CT molecular complexity index is 926. The second-order valence-electron chi connectivity index (χ2n) is 6.19. The summed E-state index contributed by atoms with van der Waals surface area (Å²) in [5.41, 5.74) is 3.92. The second kappa shape index (κ2) is 6.92. The molecule has 3 aromatic rings. The van der Waals surface area contributed by atoms with E-state index in [-0.39, 0.29) is 0 Å². The highest BCUT2D eigenvalue weighted by Gasteiger charge is 2.12. The van der Waals surface area contributed by atoms with E-state index in [0.717, 1.165) is 34.4 Å². The summed E-state index contributed by atoms with van der Waals surface area (Å²) < 4.78 is 11.2. The van der Waals surface area contributed by atoms with E-state index in [9.17, 15) is 0 Å². The van der Waals surface area contributed by atoms with Gasteiger partial charge in [0.15, 0.2) is 11.5 Å². The Morgan fingerprint density at radius 2 is 1.50 bits per heavy atom. The van der Waals surface area contributed by atoms with Crippen molar-refractivity contribution in [3.63, 3.8) is 0 Å². The quantitative estimate of drug-likeness (QED) is 0.730. The Morgan fingerprint density at radius 1 is 0.769 bits per heavy atom. The molecule has 2 N–H and O–H groups in total. The summed E-state index contributed by atoms with van der Waals surface area (Å²) in [4.78, 5) is 9.02. The van der Waals surface area contributed by atoms with Crippen molar-refractivity contribution in [1.29, 1.82) is 0 Å². The number of hydrogen-bond acceptors (Lipinski definition) is 6. The van der Waals surface area contributed by atoms with Crippen molar-refractivity contribution >= 4 is 23.1 Å². The molecule has 0 bridgehead atoms. The second-order valence-corrected chi connectivity index (χ2v) is 6.19. The normalized spacial score (nSPS) is 12.5. The number of aryl methyl sites for hydroxylation is 2. The molecule has 1 aromatic heterocycles. The summed E-state index contributed by atoms with van der Waals surface area (Å²) in [7, 11) is 0. The zero-order valence-electron chi connectivity index (χ0n) is 14.7. The Kier molecular flexibility index (Phi) is 4.31. The topological polar surface area (TPSA) is 68.3 Å². The van der Waals surface area contributed by atoms with E-state index in [2.05, 4.69) is 39.7 Å². The molecule has 1 aliphatic heterocycles. The van der Waals surface area contributed by atoms with E-state index in [1.165, 1.54) is 5.56 Å². The smallest absolute Gasteiger partial charge is 0.229 e. The number of aromatic nitrogens is 2. The van der Waals surface area contributed by atoms with Crippen LogP contribution in [0.5, 0.6) is 11.5 Å². The fourth-order valence-electron chi connectivity index (χ4n) is 2.72. The average molecular weight is 348 g/mol. The van der Waals surface area contributed by atoms with Crippen LogP contribution in [0.2, 0.25) is 0 Å². The van der Waals surface area contributed by atoms with Gasteiger partial charge in [-0.25, -0.2) is 4.98 Å². The van der Waals surface area contributed by atoms with Gasteiger partial charge in [-0.1, -0.05) is 17.7 Å². The third-order valence-electron chi connectivity index (χ3n) is 3.98. The molecular formula is C20H20N4O2. The largest absolute Gasteiger partial charge is 0.486 e. The van der Waals surface area contributed by atoms with Crippen LogP contribution in [0.3, 0.4) is 0 Å². The van der Waals surface area contributed by atoms with E-state index in [0.29, 0.717) is 19.2 Å². The summed E-state index contributed by atoms with van der Waals surface area (Å²) in [6.07, 6.45) is 0. The zero-order chi connectivity index (χ0) is 17.9. The molecule has 1 aliphatic rings. The van der Waals surface area contributed by atoms with E-state index < -0.39 is 0 Å². The summed E-state index contributed by atoms with van der Waals surface area (Å²) >= 11 is 0. The first kappa shape index (κ1) is 16.2. The summed E-state index contributed by atoms with van der Waals surface area (Å²) in [6.45, 7) is 5.14. The molecule has 4 rings (SSSR count). The van der Waals surface area contributed by atoms with Gasteiger partial charge in [-0.05, 0) is 38.1 Å². The lowest BCUT2D eigenvalue weighted by atomic mass is 10.2. The Morgan fingerprint density at radius 3 is 2.31 bits per heavy atom. The molecule has 26 heavy (non-hydrogen) atoms. The minimum absolute atomic E-state index is 0.524. The molecule has 0 radical (unpaired) electrons. The van der Waals surface area contributed by atoms with Crippen molar-refractivity contribution in [2.45, 2.75) is 13.8 Å². The van der Waals surface area contributed by atoms with E-state index in [4.69, 9.17) is 9.47 Å². The maximum atomic E-state index is 5.62. The van der Waals surface area contributed by atoms with Gasteiger partial charge in [-0.3, -0.25) is 0 Å². The number of nitrogens with one attached hydrogen (secondary N) is 2. The van der Waals surface area contributed by atoms with Crippen molar-refractivity contribution in [3.8, 4) is 11.5 Å². The maximum Gasteiger partial charge on any atom is 0.229 e. The first-order valence-electron chi connectivity index (χ1n) is 8.52. The van der Waals surface area contributed by atoms with E-state index in [1.54, 1.807) is 0 Å². The van der Waals surface area contributed by atoms with E-state index >= 15 is 0 Å². The number of nitrogens with zero attached hydrogens (tertiary/aromatic N) is 2. The van der Waals surface area contributed by atoms with Gasteiger partial charge in [0, 0.05) is 29.2 Å². The molecule has 0 fully saturated rings. The fraction of sp³-hybridized carbons (Fsp3) is 0.200. The number of rotatable bonds is 4. The monoisotopic (exact) mass is 348 g/mol. The highest BCUT2D eigenvalue weighted by molar-refractivity contribution is 5.63. The average Bonchev–Trinajstić information content (AvgIpc) is 2.63. The molecule has 0 unspecified atom stereocenters. The highest BCUT2D eigenvalue weighted by atomic mass is 16.6. The van der Waals surface area contributed by atoms with Gasteiger partial charge in [0.05, 0.1) is 0 Å². The van der Waals surface area contributed by atoms with Crippen LogP contribution in [0, 0.1) is 13.8 Å². The third-order valence-corrected chi connectivity index (χ3v) is 3.98. The number of benzene rings is 2. The van der Waals surface area contributed by atoms with Gasteiger partial charge in [0.25, 0.3) is 0 Å². The first-order chi connectivity index (χ1) is 12.7. The fourth-order valence-corrected chi connectivity index (χ4v) is 2.72. The van der Waals surface area contributed by atoms with Crippen molar-refractivity contribution in [1.82, 2.24) is 9.97 Å². The molecule has 6 heteroatoms. The lowest BCUT2D eigenvalue weighted by Gasteiger charge is -2.19. The van der Waals surface area contributed by atoms with Crippen LogP contribution in [-0.2, 0) is 0 Å². The van der Waals surface area contributed by atoms with Crippen molar-refractivity contribution in [2.24, 2.45) is 0 Å². The SMILES string of the molecule is Cc1ccc(Nc2cc(C)nc(Nc3ccc4c(c3)OCCO4)n2)cc1. The van der Waals surface area contributed by atoms with Gasteiger partial charge in [0.2, 0.25) is 5.95 Å². The van der Waals surface area contributed by atoms with Crippen molar-refractivity contribution < 1.29 is 9.47 Å². The molecule has 2 heterocycles. The molecule has 6 nitrogen and oxygen atoms in total. The number of fused-ring (bicyclic) bond motifs is 1. The number of ether oxygens (including phenoxy) is 2. The van der Waals surface area contributed by atoms with Crippen LogP contribution in [-0.4, -0.2) is 23.2 Å². The molecule has 0 aliphatic carbocycles. The van der Waals surface area contributed by atoms with Crippen LogP contribution in [0.1, 0.15) is 11.3 Å². The lowest BCUT2D eigenvalue weighted by Crippen LogP contribution is -2.15. The molecule has 0 spiro atoms. The molecule has 132 valence electrons. The Labute approximate surface area is 152 Å². The minimum Gasteiger partial charge on any atom is -0.486 e. The predicted octanol–water partition coefficient (Wildman–Crippen LogP) is 4.35. The summed E-state index contributed by atoms with van der Waals surface area (Å²) in [5.74, 6) is 2.75. The highest BCUT2D eigenvalue weighted by Crippen LogP contribution is 2.33. The van der Waals surface area contributed by atoms with Gasteiger partial charge in [-0.2, -0.15) is 4.98 Å². The van der Waals surface area contributed by atoms with Crippen LogP contribution < -0.4 is 20.1 Å². The van der Waals surface area contributed by atoms with Crippen molar-refractivity contribution in [2.75, 3.05) is 23.8 Å². The standard InChI is InChI=1S/C20H20N4O2/c1-13-3-5-15(6-4-13)22-19-11-14(2)21-20(24-19)23-16-7-8-17-18(12-16)26-10-9-25-17/h3-8,11-12H,9-10H2,1-2H3,(H2,21,22,23,24). The Hall–Kier alpha value is -3.28. The number of anilines is 4. The van der Waals surface area contributed by atoms with E-state index in [1.807, 2.05) is 43.3 Å². The maximum absolute atomic E-state index is 5.62. The summed E-state index contributed by atoms with van der Waals surface area (Å²) in [5, 5.41) is 6.54.